The van der Waals surface area contributed by atoms with Crippen LogP contribution >= 0.6 is 24.0 Å². The van der Waals surface area contributed by atoms with Crippen LogP contribution in [0.2, 0.25) is 0 Å². The maximum absolute atomic E-state index is 5.44. The van der Waals surface area contributed by atoms with Gasteiger partial charge in [0.25, 0.3) is 0 Å². The molecule has 0 unspecified atom stereocenters. The van der Waals surface area contributed by atoms with E-state index in [0.29, 0.717) is 0 Å². The average Bonchev–Trinajstić information content (AvgIpc) is 1.69. The van der Waals surface area contributed by atoms with Crippen molar-refractivity contribution in [2.75, 3.05) is 5.88 Å². The third kappa shape index (κ3) is 9.77. The second-order valence-corrected chi connectivity index (χ2v) is 2.13. The zero-order valence-electron chi connectivity index (χ0n) is 5.32. The summed E-state index contributed by atoms with van der Waals surface area (Å²) in [5.41, 5.74) is 0. The Morgan fingerprint density at radius 1 is 1.12 bits per heavy atom. The van der Waals surface area contributed by atoms with Gasteiger partial charge in [0.1, 0.15) is 0 Å². The van der Waals surface area contributed by atoms with Gasteiger partial charge in [0.05, 0.1) is 0 Å². The van der Waals surface area contributed by atoms with E-state index in [4.69, 9.17) is 11.6 Å². The number of alkyl halides is 1. The lowest BCUT2D eigenvalue weighted by molar-refractivity contribution is 0.705. The molecular weight excluding hydrogens is 143 g/mol. The highest BCUT2D eigenvalue weighted by atomic mass is 35.5. The number of unbranched alkanes of at least 4 members (excludes halogenated alkanes) is 3. The topological polar surface area (TPSA) is 0 Å². The summed E-state index contributed by atoms with van der Waals surface area (Å²) in [6.07, 6.45) is 5.14. The zero-order chi connectivity index (χ0) is 5.54. The van der Waals surface area contributed by atoms with Crippen molar-refractivity contribution in [3.63, 3.8) is 0 Å². The maximum Gasteiger partial charge on any atom is 0.0223 e. The molecule has 0 heterocycles. The molecule has 2 heteroatoms. The standard InChI is InChI=1S/C6H13Cl.ClH/c1-2-3-4-5-6-7;/h2-6H2,1H3;1H. The molecule has 0 radical (unpaired) electrons. The monoisotopic (exact) mass is 156 g/mol. The van der Waals surface area contributed by atoms with E-state index in [1.807, 2.05) is 0 Å². The van der Waals surface area contributed by atoms with E-state index in [2.05, 4.69) is 6.92 Å². The minimum atomic E-state index is 0. The van der Waals surface area contributed by atoms with Crippen molar-refractivity contribution in [3.8, 4) is 0 Å². The van der Waals surface area contributed by atoms with Crippen molar-refractivity contribution in [3.05, 3.63) is 0 Å². The van der Waals surface area contributed by atoms with Gasteiger partial charge in [-0.15, -0.1) is 24.0 Å². The molecule has 8 heavy (non-hydrogen) atoms. The first-order valence-corrected chi connectivity index (χ1v) is 3.51. The van der Waals surface area contributed by atoms with E-state index in [9.17, 15) is 0 Å². The molecule has 0 fully saturated rings. The Labute approximate surface area is 63.0 Å². The van der Waals surface area contributed by atoms with Crippen LogP contribution in [-0.4, -0.2) is 5.88 Å². The Balaban J connectivity index is 0. The van der Waals surface area contributed by atoms with Crippen LogP contribution in [0.5, 0.6) is 0 Å². The van der Waals surface area contributed by atoms with Crippen LogP contribution in [0.3, 0.4) is 0 Å². The molecule has 0 aliphatic heterocycles. The SMILES string of the molecule is CCCCCCCl.Cl. The van der Waals surface area contributed by atoms with E-state index in [1.165, 1.54) is 25.7 Å². The molecule has 0 aromatic rings. The summed E-state index contributed by atoms with van der Waals surface area (Å²) in [6, 6.07) is 0. The Morgan fingerprint density at radius 2 is 1.75 bits per heavy atom. The molecule has 0 atom stereocenters. The summed E-state index contributed by atoms with van der Waals surface area (Å²) in [5, 5.41) is 0. The van der Waals surface area contributed by atoms with E-state index in [-0.39, 0.29) is 12.4 Å². The lowest BCUT2D eigenvalue weighted by Crippen LogP contribution is -1.74. The molecule has 0 aromatic heterocycles. The second kappa shape index (κ2) is 10.5. The van der Waals surface area contributed by atoms with Crippen molar-refractivity contribution in [1.29, 1.82) is 0 Å². The fraction of sp³-hybridized carbons (Fsp3) is 1.00. The van der Waals surface area contributed by atoms with E-state index in [0.717, 1.165) is 5.88 Å². The first kappa shape index (κ1) is 11.4. The molecule has 0 aliphatic carbocycles. The van der Waals surface area contributed by atoms with Crippen LogP contribution in [0, 0.1) is 0 Å². The molecule has 0 N–H and O–H groups in total. The Hall–Kier alpha value is 0.580. The first-order valence-electron chi connectivity index (χ1n) is 2.97. The van der Waals surface area contributed by atoms with Crippen molar-refractivity contribution < 1.29 is 0 Å². The summed E-state index contributed by atoms with van der Waals surface area (Å²) in [4.78, 5) is 0. The summed E-state index contributed by atoms with van der Waals surface area (Å²) < 4.78 is 0. The minimum Gasteiger partial charge on any atom is -0.147 e. The van der Waals surface area contributed by atoms with Crippen LogP contribution in [0.15, 0.2) is 0 Å². The van der Waals surface area contributed by atoms with Crippen molar-refractivity contribution in [1.82, 2.24) is 0 Å². The van der Waals surface area contributed by atoms with Crippen molar-refractivity contribution in [2.45, 2.75) is 32.6 Å². The molecule has 0 aliphatic rings. The highest BCUT2D eigenvalue weighted by molar-refractivity contribution is 6.17. The number of rotatable bonds is 4. The zero-order valence-corrected chi connectivity index (χ0v) is 6.89. The van der Waals surface area contributed by atoms with Gasteiger partial charge in [-0.25, -0.2) is 0 Å². The summed E-state index contributed by atoms with van der Waals surface area (Å²) in [5.74, 6) is 0.833. The molecule has 0 nitrogen and oxygen atoms in total. The van der Waals surface area contributed by atoms with Gasteiger partial charge >= 0.3 is 0 Å². The molecule has 0 aromatic carbocycles. The van der Waals surface area contributed by atoms with Gasteiger partial charge in [-0.3, -0.25) is 0 Å². The van der Waals surface area contributed by atoms with Crippen LogP contribution in [0.1, 0.15) is 32.6 Å². The molecule has 0 saturated carbocycles. The lowest BCUT2D eigenvalue weighted by atomic mass is 10.2. The summed E-state index contributed by atoms with van der Waals surface area (Å²) >= 11 is 5.44. The first-order chi connectivity index (χ1) is 3.41. The van der Waals surface area contributed by atoms with Gasteiger partial charge in [0.2, 0.25) is 0 Å². The third-order valence-electron chi connectivity index (χ3n) is 0.987. The highest BCUT2D eigenvalue weighted by Crippen LogP contribution is 1.98. The van der Waals surface area contributed by atoms with Gasteiger partial charge in [0.15, 0.2) is 0 Å². The molecule has 52 valence electrons. The largest absolute Gasteiger partial charge is 0.147 e. The van der Waals surface area contributed by atoms with Gasteiger partial charge in [0, 0.05) is 5.88 Å². The van der Waals surface area contributed by atoms with Gasteiger partial charge < -0.3 is 0 Å². The number of hydrogen-bond donors (Lipinski definition) is 0. The van der Waals surface area contributed by atoms with Crippen LogP contribution in [0.25, 0.3) is 0 Å². The van der Waals surface area contributed by atoms with Crippen LogP contribution in [0.4, 0.5) is 0 Å². The molecular formula is C6H14Cl2. The predicted octanol–water partition coefficient (Wildman–Crippen LogP) is 3.23. The minimum absolute atomic E-state index is 0. The second-order valence-electron chi connectivity index (χ2n) is 1.75. The number of halogens is 2. The average molecular weight is 157 g/mol. The number of hydrogen-bond acceptors (Lipinski definition) is 0. The summed E-state index contributed by atoms with van der Waals surface area (Å²) in [6.45, 7) is 2.20. The fourth-order valence-corrected chi connectivity index (χ4v) is 0.710. The van der Waals surface area contributed by atoms with E-state index >= 15 is 0 Å². The highest BCUT2D eigenvalue weighted by Gasteiger charge is 1.81. The van der Waals surface area contributed by atoms with E-state index < -0.39 is 0 Å². The Morgan fingerprint density at radius 3 is 2.12 bits per heavy atom. The quantitative estimate of drug-likeness (QED) is 0.434. The maximum atomic E-state index is 5.44. The van der Waals surface area contributed by atoms with E-state index in [1.54, 1.807) is 0 Å². The molecule has 0 spiro atoms. The molecule has 0 saturated heterocycles. The normalized spacial score (nSPS) is 8.25. The molecule has 0 bridgehead atoms. The van der Waals surface area contributed by atoms with Crippen LogP contribution in [-0.2, 0) is 0 Å². The third-order valence-corrected chi connectivity index (χ3v) is 1.25. The van der Waals surface area contributed by atoms with Crippen LogP contribution < -0.4 is 0 Å². The molecule has 0 amide bonds. The van der Waals surface area contributed by atoms with Gasteiger partial charge in [-0.1, -0.05) is 26.2 Å². The summed E-state index contributed by atoms with van der Waals surface area (Å²) in [7, 11) is 0. The molecule has 0 rings (SSSR count). The fourth-order valence-electron chi connectivity index (χ4n) is 0.521. The lowest BCUT2D eigenvalue weighted by Gasteiger charge is -1.89. The van der Waals surface area contributed by atoms with Crippen molar-refractivity contribution in [2.24, 2.45) is 0 Å². The Kier molecular flexibility index (Phi) is 15.0. The van der Waals surface area contributed by atoms with Gasteiger partial charge in [-0.2, -0.15) is 0 Å². The van der Waals surface area contributed by atoms with Gasteiger partial charge in [-0.05, 0) is 6.42 Å². The predicted molar refractivity (Wildman–Crippen MR) is 42.1 cm³/mol. The van der Waals surface area contributed by atoms with Crippen molar-refractivity contribution >= 4 is 24.0 Å². The Bertz CT molecular complexity index is 25.7. The smallest absolute Gasteiger partial charge is 0.0223 e.